The third kappa shape index (κ3) is 4.51. The predicted molar refractivity (Wildman–Crippen MR) is 95.6 cm³/mol. The Morgan fingerprint density at radius 2 is 1.84 bits per heavy atom. The van der Waals surface area contributed by atoms with E-state index >= 15 is 0 Å². The summed E-state index contributed by atoms with van der Waals surface area (Å²) in [5.41, 5.74) is 0.577. The van der Waals surface area contributed by atoms with Crippen LogP contribution in [0.15, 0.2) is 24.3 Å². The van der Waals surface area contributed by atoms with Gasteiger partial charge in [0.15, 0.2) is 0 Å². The topological polar surface area (TPSA) is 79.5 Å². The van der Waals surface area contributed by atoms with Crippen LogP contribution in [0.3, 0.4) is 0 Å². The Bertz CT molecular complexity index is 588. The lowest BCUT2D eigenvalue weighted by Crippen LogP contribution is -2.45. The van der Waals surface area contributed by atoms with Crippen LogP contribution in [0.5, 0.6) is 5.75 Å². The molecule has 0 spiro atoms. The van der Waals surface area contributed by atoms with Crippen LogP contribution >= 0.6 is 0 Å². The van der Waals surface area contributed by atoms with E-state index in [0.29, 0.717) is 36.4 Å². The molecule has 1 saturated carbocycles. The molecule has 6 heteroatoms. The minimum absolute atomic E-state index is 0.0492. The largest absolute Gasteiger partial charge is 0.497 e. The molecule has 3 unspecified atom stereocenters. The van der Waals surface area contributed by atoms with Gasteiger partial charge in [0, 0.05) is 24.7 Å². The van der Waals surface area contributed by atoms with Crippen LogP contribution in [0.25, 0.3) is 0 Å². The van der Waals surface area contributed by atoms with Gasteiger partial charge in [0.2, 0.25) is 5.91 Å². The number of carbonyl (C=O) groups is 2. The number of amides is 2. The van der Waals surface area contributed by atoms with Crippen molar-refractivity contribution in [3.05, 3.63) is 29.8 Å². The molecular formula is C19H27N3O3. The fourth-order valence-corrected chi connectivity index (χ4v) is 3.85. The first-order valence-electron chi connectivity index (χ1n) is 9.13. The molecule has 1 aliphatic heterocycles. The standard InChI is InChI=1S/C19H27N3O3/c1-25-15-8-6-13(7-9-15)18(23)20-10-11-21-19(24)17-12-14-4-2-3-5-16(14)22-17/h6-9,14,16-17,22H,2-5,10-12H2,1H3,(H,20,23)(H,21,24). The molecule has 1 heterocycles. The van der Waals surface area contributed by atoms with Crippen molar-refractivity contribution in [2.45, 2.75) is 44.2 Å². The summed E-state index contributed by atoms with van der Waals surface area (Å²) in [6.45, 7) is 0.852. The molecule has 0 radical (unpaired) electrons. The van der Waals surface area contributed by atoms with Crippen molar-refractivity contribution in [3.63, 3.8) is 0 Å². The van der Waals surface area contributed by atoms with Crippen molar-refractivity contribution in [3.8, 4) is 5.75 Å². The van der Waals surface area contributed by atoms with Gasteiger partial charge in [-0.1, -0.05) is 12.8 Å². The summed E-state index contributed by atoms with van der Waals surface area (Å²) in [6.07, 6.45) is 5.91. The van der Waals surface area contributed by atoms with E-state index in [-0.39, 0.29) is 17.9 Å². The third-order valence-corrected chi connectivity index (χ3v) is 5.24. The molecule has 136 valence electrons. The van der Waals surface area contributed by atoms with Crippen LogP contribution in [0.4, 0.5) is 0 Å². The Labute approximate surface area is 148 Å². The second kappa shape index (κ2) is 8.34. The van der Waals surface area contributed by atoms with Gasteiger partial charge in [-0.2, -0.15) is 0 Å². The maximum Gasteiger partial charge on any atom is 0.251 e. The average molecular weight is 345 g/mol. The Morgan fingerprint density at radius 3 is 2.56 bits per heavy atom. The molecule has 1 aliphatic carbocycles. The summed E-state index contributed by atoms with van der Waals surface area (Å²) in [7, 11) is 1.59. The van der Waals surface area contributed by atoms with Gasteiger partial charge in [-0.15, -0.1) is 0 Å². The number of ether oxygens (including phenoxy) is 1. The van der Waals surface area contributed by atoms with E-state index in [2.05, 4.69) is 16.0 Å². The minimum Gasteiger partial charge on any atom is -0.497 e. The smallest absolute Gasteiger partial charge is 0.251 e. The molecule has 3 rings (SSSR count). The fraction of sp³-hybridized carbons (Fsp3) is 0.579. The SMILES string of the molecule is COc1ccc(C(=O)NCCNC(=O)C2CC3CCCCC3N2)cc1. The molecule has 2 fully saturated rings. The Balaban J connectivity index is 1.36. The molecule has 0 aromatic heterocycles. The summed E-state index contributed by atoms with van der Waals surface area (Å²) in [5.74, 6) is 1.27. The summed E-state index contributed by atoms with van der Waals surface area (Å²) < 4.78 is 5.07. The predicted octanol–water partition coefficient (Wildman–Crippen LogP) is 1.46. The van der Waals surface area contributed by atoms with Crippen LogP contribution < -0.4 is 20.7 Å². The van der Waals surface area contributed by atoms with E-state index in [0.717, 1.165) is 6.42 Å². The molecular weight excluding hydrogens is 318 g/mol. The lowest BCUT2D eigenvalue weighted by molar-refractivity contribution is -0.122. The Morgan fingerprint density at radius 1 is 1.12 bits per heavy atom. The maximum atomic E-state index is 12.3. The quantitative estimate of drug-likeness (QED) is 0.682. The third-order valence-electron chi connectivity index (χ3n) is 5.24. The van der Waals surface area contributed by atoms with Crippen LogP contribution in [-0.4, -0.2) is 44.1 Å². The van der Waals surface area contributed by atoms with E-state index < -0.39 is 0 Å². The summed E-state index contributed by atoms with van der Waals surface area (Å²) in [6, 6.07) is 7.38. The zero-order valence-corrected chi connectivity index (χ0v) is 14.7. The number of hydrogen-bond acceptors (Lipinski definition) is 4. The monoisotopic (exact) mass is 345 g/mol. The highest BCUT2D eigenvalue weighted by molar-refractivity contribution is 5.94. The van der Waals surface area contributed by atoms with Crippen molar-refractivity contribution >= 4 is 11.8 Å². The first-order valence-corrected chi connectivity index (χ1v) is 9.13. The van der Waals surface area contributed by atoms with E-state index in [1.807, 2.05) is 0 Å². The lowest BCUT2D eigenvalue weighted by Gasteiger charge is -2.24. The first-order chi connectivity index (χ1) is 12.2. The summed E-state index contributed by atoms with van der Waals surface area (Å²) in [5, 5.41) is 9.21. The highest BCUT2D eigenvalue weighted by Gasteiger charge is 2.37. The van der Waals surface area contributed by atoms with Gasteiger partial charge < -0.3 is 20.7 Å². The molecule has 0 bridgehead atoms. The average Bonchev–Trinajstić information content (AvgIpc) is 3.09. The Hall–Kier alpha value is -2.08. The van der Waals surface area contributed by atoms with E-state index in [1.165, 1.54) is 25.7 Å². The second-order valence-corrected chi connectivity index (χ2v) is 6.88. The van der Waals surface area contributed by atoms with Crippen molar-refractivity contribution in [2.75, 3.05) is 20.2 Å². The first kappa shape index (κ1) is 17.7. The molecule has 3 atom stereocenters. The molecule has 6 nitrogen and oxygen atoms in total. The van der Waals surface area contributed by atoms with Gasteiger partial charge in [0.25, 0.3) is 5.91 Å². The van der Waals surface area contributed by atoms with E-state index in [9.17, 15) is 9.59 Å². The molecule has 2 aliphatic rings. The number of benzene rings is 1. The van der Waals surface area contributed by atoms with E-state index in [1.54, 1.807) is 31.4 Å². The van der Waals surface area contributed by atoms with Crippen molar-refractivity contribution in [1.82, 2.24) is 16.0 Å². The number of methoxy groups -OCH3 is 1. The second-order valence-electron chi connectivity index (χ2n) is 6.88. The van der Waals surface area contributed by atoms with Crippen LogP contribution in [0, 0.1) is 5.92 Å². The summed E-state index contributed by atoms with van der Waals surface area (Å²) >= 11 is 0. The van der Waals surface area contributed by atoms with Gasteiger partial charge in [-0.3, -0.25) is 9.59 Å². The van der Waals surface area contributed by atoms with Crippen LogP contribution in [0.1, 0.15) is 42.5 Å². The van der Waals surface area contributed by atoms with Crippen molar-refractivity contribution in [1.29, 1.82) is 0 Å². The van der Waals surface area contributed by atoms with Crippen LogP contribution in [-0.2, 0) is 4.79 Å². The lowest BCUT2D eigenvalue weighted by atomic mass is 9.85. The molecule has 1 saturated heterocycles. The molecule has 1 aromatic rings. The Kier molecular flexibility index (Phi) is 5.91. The zero-order chi connectivity index (χ0) is 17.6. The van der Waals surface area contributed by atoms with Gasteiger partial charge in [0.05, 0.1) is 13.2 Å². The maximum absolute atomic E-state index is 12.3. The minimum atomic E-state index is -0.151. The van der Waals surface area contributed by atoms with Crippen LogP contribution in [0.2, 0.25) is 0 Å². The molecule has 3 N–H and O–H groups in total. The number of rotatable bonds is 6. The normalized spacial score (nSPS) is 25.1. The highest BCUT2D eigenvalue weighted by Crippen LogP contribution is 2.33. The zero-order valence-electron chi connectivity index (χ0n) is 14.7. The van der Waals surface area contributed by atoms with Crippen molar-refractivity contribution < 1.29 is 14.3 Å². The number of hydrogen-bond donors (Lipinski definition) is 3. The number of nitrogens with one attached hydrogen (secondary N) is 3. The molecule has 2 amide bonds. The fourth-order valence-electron chi connectivity index (χ4n) is 3.85. The summed E-state index contributed by atoms with van der Waals surface area (Å²) in [4.78, 5) is 24.3. The van der Waals surface area contributed by atoms with E-state index in [4.69, 9.17) is 4.74 Å². The number of carbonyl (C=O) groups excluding carboxylic acids is 2. The van der Waals surface area contributed by atoms with Gasteiger partial charge in [-0.25, -0.2) is 0 Å². The van der Waals surface area contributed by atoms with Crippen molar-refractivity contribution in [2.24, 2.45) is 5.92 Å². The number of fused-ring (bicyclic) bond motifs is 1. The van der Waals surface area contributed by atoms with Gasteiger partial charge >= 0.3 is 0 Å². The molecule has 1 aromatic carbocycles. The van der Waals surface area contributed by atoms with Gasteiger partial charge in [0.1, 0.15) is 5.75 Å². The molecule has 25 heavy (non-hydrogen) atoms. The highest BCUT2D eigenvalue weighted by atomic mass is 16.5. The van der Waals surface area contributed by atoms with Gasteiger partial charge in [-0.05, 0) is 49.4 Å².